The Bertz CT molecular complexity index is 1430. The van der Waals surface area contributed by atoms with Gasteiger partial charge < -0.3 is 19.8 Å². The van der Waals surface area contributed by atoms with E-state index in [4.69, 9.17) is 9.05 Å². The minimum absolute atomic E-state index is 0.0516. The van der Waals surface area contributed by atoms with Crippen LogP contribution in [-0.2, 0) is 18.4 Å². The molecule has 3 N–H and O–H groups in total. The monoisotopic (exact) mass is 1060 g/mol. The lowest BCUT2D eigenvalue weighted by atomic mass is 10.0. The molecule has 432 valence electrons. The Hall–Kier alpha value is -2.06. The molecule has 0 spiro atoms. The van der Waals surface area contributed by atoms with Gasteiger partial charge >= 0.3 is 7.82 Å². The van der Waals surface area contributed by atoms with Crippen LogP contribution in [0.2, 0.25) is 0 Å². The maximum atomic E-state index is 13.0. The number of carbonyl (C=O) groups excluding carboxylic acids is 1. The highest BCUT2D eigenvalue weighted by molar-refractivity contribution is 7.47. The molecule has 9 heteroatoms. The van der Waals surface area contributed by atoms with Gasteiger partial charge in [-0.05, 0) is 70.6 Å². The zero-order chi connectivity index (χ0) is 54.2. The van der Waals surface area contributed by atoms with Crippen molar-refractivity contribution in [2.75, 3.05) is 40.9 Å². The van der Waals surface area contributed by atoms with Crippen molar-refractivity contribution < 1.29 is 32.9 Å². The summed E-state index contributed by atoms with van der Waals surface area (Å²) >= 11 is 0. The summed E-state index contributed by atoms with van der Waals surface area (Å²) in [5.41, 5.74) is 0. The SMILES string of the molecule is CC/C=C\C/C=C\C/C=C\C/C=C\CCCCCCCCCCC(=O)NC(COP(=O)(O)OCC[N+](C)(C)C)C(O)/C=C/CC/C=C/CCCCCCCCCCCCCCCCCCCCCCCCCCC. The lowest BCUT2D eigenvalue weighted by Gasteiger charge is -2.25. The summed E-state index contributed by atoms with van der Waals surface area (Å²) in [6.07, 6.45) is 77.5. The molecule has 0 rings (SSSR count). The van der Waals surface area contributed by atoms with Gasteiger partial charge in [0.2, 0.25) is 5.91 Å². The Morgan fingerprint density at radius 2 is 0.824 bits per heavy atom. The Kier molecular flexibility index (Phi) is 54.1. The summed E-state index contributed by atoms with van der Waals surface area (Å²) in [6, 6.07) is -0.873. The number of quaternary nitrogens is 1. The first kappa shape index (κ1) is 71.9. The molecule has 0 bridgehead atoms. The standard InChI is InChI=1S/C65H121N2O6P/c1-6-8-10-12-14-16-18-20-22-24-26-28-29-30-31-32-33-34-35-36-37-39-40-42-44-46-48-50-52-54-56-58-64(68)63(62-73-74(70,71)72-61-60-67(3,4)5)66-65(69)59-57-55-53-51-49-47-45-43-41-38-27-25-23-21-19-17-15-13-11-9-7-2/h9,11,15,17,21,23,27,38,48,50,56,58,63-64,68H,6-8,10,12-14,16,18-20,22,24-26,28-37,39-47,49,51-55,57,59-62H2,1-5H3,(H-,66,69,70,71)/p+1/b11-9-,17-15-,23-21-,38-27-,50-48+,58-56+. The van der Waals surface area contributed by atoms with Crippen molar-refractivity contribution in [2.24, 2.45) is 0 Å². The van der Waals surface area contributed by atoms with Gasteiger partial charge in [-0.2, -0.15) is 0 Å². The summed E-state index contributed by atoms with van der Waals surface area (Å²) in [6.45, 7) is 4.70. The number of unbranched alkanes of at least 4 members (excludes halogenated alkanes) is 34. The first-order chi connectivity index (χ1) is 36.0. The van der Waals surface area contributed by atoms with E-state index in [1.165, 1.54) is 193 Å². The van der Waals surface area contributed by atoms with E-state index in [1.807, 2.05) is 27.2 Å². The predicted molar refractivity (Wildman–Crippen MR) is 323 cm³/mol. The second-order valence-corrected chi connectivity index (χ2v) is 23.8. The minimum Gasteiger partial charge on any atom is -0.387 e. The van der Waals surface area contributed by atoms with Gasteiger partial charge in [0.15, 0.2) is 0 Å². The van der Waals surface area contributed by atoms with Gasteiger partial charge in [0.05, 0.1) is 39.9 Å². The van der Waals surface area contributed by atoms with Crippen LogP contribution in [0.4, 0.5) is 0 Å². The number of phosphoric acid groups is 1. The molecule has 74 heavy (non-hydrogen) atoms. The van der Waals surface area contributed by atoms with Crippen molar-refractivity contribution in [1.29, 1.82) is 0 Å². The number of allylic oxidation sites excluding steroid dienone is 11. The van der Waals surface area contributed by atoms with E-state index in [9.17, 15) is 19.4 Å². The van der Waals surface area contributed by atoms with E-state index in [-0.39, 0.29) is 19.1 Å². The molecule has 1 amide bonds. The van der Waals surface area contributed by atoms with Gasteiger partial charge in [-0.25, -0.2) is 4.57 Å². The van der Waals surface area contributed by atoms with Gasteiger partial charge in [0.1, 0.15) is 13.2 Å². The maximum Gasteiger partial charge on any atom is 0.472 e. The Morgan fingerprint density at radius 1 is 0.473 bits per heavy atom. The van der Waals surface area contributed by atoms with Crippen LogP contribution >= 0.6 is 7.82 Å². The summed E-state index contributed by atoms with van der Waals surface area (Å²) < 4.78 is 23.7. The molecule has 0 aromatic rings. The molecule has 0 saturated carbocycles. The van der Waals surface area contributed by atoms with E-state index < -0.39 is 20.0 Å². The topological polar surface area (TPSA) is 105 Å². The molecule has 0 aromatic carbocycles. The number of rotatable bonds is 57. The highest BCUT2D eigenvalue weighted by Gasteiger charge is 2.27. The zero-order valence-corrected chi connectivity index (χ0v) is 50.2. The summed E-state index contributed by atoms with van der Waals surface area (Å²) in [4.78, 5) is 23.3. The number of phosphoric ester groups is 1. The third-order valence-corrected chi connectivity index (χ3v) is 14.9. The Balaban J connectivity index is 4.18. The largest absolute Gasteiger partial charge is 0.472 e. The van der Waals surface area contributed by atoms with Crippen LogP contribution in [0.1, 0.15) is 284 Å². The van der Waals surface area contributed by atoms with Crippen LogP contribution in [-0.4, -0.2) is 73.4 Å². The Morgan fingerprint density at radius 3 is 1.24 bits per heavy atom. The van der Waals surface area contributed by atoms with Crippen molar-refractivity contribution in [3.8, 4) is 0 Å². The molecule has 0 aliphatic carbocycles. The van der Waals surface area contributed by atoms with Crippen molar-refractivity contribution in [3.63, 3.8) is 0 Å². The fourth-order valence-corrected chi connectivity index (χ4v) is 9.79. The number of nitrogens with one attached hydrogen (secondary N) is 1. The molecule has 0 aliphatic heterocycles. The minimum atomic E-state index is -4.36. The van der Waals surface area contributed by atoms with Crippen LogP contribution in [0, 0.1) is 0 Å². The fraction of sp³-hybridized carbons (Fsp3) is 0.800. The second-order valence-electron chi connectivity index (χ2n) is 22.4. The highest BCUT2D eigenvalue weighted by Crippen LogP contribution is 2.43. The second kappa shape index (κ2) is 55.7. The van der Waals surface area contributed by atoms with Gasteiger partial charge in [-0.15, -0.1) is 0 Å². The van der Waals surface area contributed by atoms with E-state index in [0.29, 0.717) is 17.4 Å². The molecule has 0 radical (unpaired) electrons. The highest BCUT2D eigenvalue weighted by atomic mass is 31.2. The molecular weight excluding hydrogens is 936 g/mol. The molecule has 0 heterocycles. The van der Waals surface area contributed by atoms with E-state index in [1.54, 1.807) is 6.08 Å². The van der Waals surface area contributed by atoms with Crippen molar-refractivity contribution in [1.82, 2.24) is 5.32 Å². The average Bonchev–Trinajstić information content (AvgIpc) is 3.36. The summed E-state index contributed by atoms with van der Waals surface area (Å²) in [5.74, 6) is -0.195. The Labute approximate surface area is 459 Å². The number of nitrogens with zero attached hydrogens (tertiary/aromatic N) is 1. The molecule has 0 saturated heterocycles. The number of aliphatic hydroxyl groups is 1. The summed E-state index contributed by atoms with van der Waals surface area (Å²) in [7, 11) is 1.55. The number of hydrogen-bond acceptors (Lipinski definition) is 5. The molecule has 3 atom stereocenters. The van der Waals surface area contributed by atoms with Gasteiger partial charge in [-0.3, -0.25) is 13.8 Å². The van der Waals surface area contributed by atoms with Crippen LogP contribution in [0.5, 0.6) is 0 Å². The smallest absolute Gasteiger partial charge is 0.387 e. The van der Waals surface area contributed by atoms with Crippen LogP contribution in [0.15, 0.2) is 72.9 Å². The third kappa shape index (κ3) is 57.6. The van der Waals surface area contributed by atoms with Gasteiger partial charge in [-0.1, -0.05) is 279 Å². The van der Waals surface area contributed by atoms with Crippen molar-refractivity contribution in [3.05, 3.63) is 72.9 Å². The third-order valence-electron chi connectivity index (χ3n) is 13.9. The first-order valence-electron chi connectivity index (χ1n) is 31.3. The quantitative estimate of drug-likeness (QED) is 0.0243. The van der Waals surface area contributed by atoms with Crippen molar-refractivity contribution >= 4 is 13.7 Å². The number of carbonyl (C=O) groups is 1. The van der Waals surface area contributed by atoms with Gasteiger partial charge in [0.25, 0.3) is 0 Å². The first-order valence-corrected chi connectivity index (χ1v) is 32.8. The summed E-state index contributed by atoms with van der Waals surface area (Å²) in [5, 5.41) is 13.9. The number of aliphatic hydroxyl groups excluding tert-OH is 1. The van der Waals surface area contributed by atoms with Crippen LogP contribution in [0.25, 0.3) is 0 Å². The maximum absolute atomic E-state index is 13.0. The van der Waals surface area contributed by atoms with Crippen molar-refractivity contribution in [2.45, 2.75) is 296 Å². The predicted octanol–water partition coefficient (Wildman–Crippen LogP) is 19.4. The fourth-order valence-electron chi connectivity index (χ4n) is 9.05. The molecule has 3 unspecified atom stereocenters. The molecule has 8 nitrogen and oxygen atoms in total. The molecule has 0 fully saturated rings. The molecule has 0 aromatic heterocycles. The number of amides is 1. The van der Waals surface area contributed by atoms with Crippen LogP contribution < -0.4 is 5.32 Å². The zero-order valence-electron chi connectivity index (χ0n) is 49.3. The van der Waals surface area contributed by atoms with E-state index in [2.05, 4.69) is 79.9 Å². The number of hydrogen-bond donors (Lipinski definition) is 3. The van der Waals surface area contributed by atoms with E-state index in [0.717, 1.165) is 70.6 Å². The van der Waals surface area contributed by atoms with Crippen LogP contribution in [0.3, 0.4) is 0 Å². The normalized spacial score (nSPS) is 14.3. The average molecular weight is 1060 g/mol. The molecule has 0 aliphatic rings. The lowest BCUT2D eigenvalue weighted by molar-refractivity contribution is -0.870. The van der Waals surface area contributed by atoms with E-state index >= 15 is 0 Å². The lowest BCUT2D eigenvalue weighted by Crippen LogP contribution is -2.45. The van der Waals surface area contributed by atoms with Gasteiger partial charge in [0, 0.05) is 6.42 Å². The molecular formula is C65H122N2O6P+. The number of likely N-dealkylation sites (N-methyl/N-ethyl adjacent to an activating group) is 1.